The van der Waals surface area contributed by atoms with Crippen molar-refractivity contribution < 1.29 is 14.3 Å². The maximum atomic E-state index is 13.9. The zero-order valence-corrected chi connectivity index (χ0v) is 21.3. The van der Waals surface area contributed by atoms with Crippen molar-refractivity contribution in [2.24, 2.45) is 0 Å². The molecule has 0 saturated carbocycles. The summed E-state index contributed by atoms with van der Waals surface area (Å²) in [7, 11) is 0. The molecule has 192 valence electrons. The van der Waals surface area contributed by atoms with E-state index < -0.39 is 5.54 Å². The number of pyridine rings is 1. The lowest BCUT2D eigenvalue weighted by Gasteiger charge is -2.42. The highest BCUT2D eigenvalue weighted by Crippen LogP contribution is 2.38. The summed E-state index contributed by atoms with van der Waals surface area (Å²) in [5, 5.41) is 3.02. The van der Waals surface area contributed by atoms with Gasteiger partial charge < -0.3 is 15.0 Å². The van der Waals surface area contributed by atoms with Crippen molar-refractivity contribution in [1.82, 2.24) is 20.1 Å². The maximum absolute atomic E-state index is 13.9. The lowest BCUT2D eigenvalue weighted by atomic mass is 9.83. The van der Waals surface area contributed by atoms with E-state index in [-0.39, 0.29) is 17.5 Å². The topological polar surface area (TPSA) is 74.8 Å². The van der Waals surface area contributed by atoms with Gasteiger partial charge in [-0.15, -0.1) is 0 Å². The molecule has 3 heterocycles. The van der Waals surface area contributed by atoms with Crippen molar-refractivity contribution in [2.75, 3.05) is 32.8 Å². The monoisotopic (exact) mass is 498 g/mol. The summed E-state index contributed by atoms with van der Waals surface area (Å²) in [5.41, 5.74) is 1.13. The van der Waals surface area contributed by atoms with Gasteiger partial charge in [0.1, 0.15) is 0 Å². The summed E-state index contributed by atoms with van der Waals surface area (Å²) in [6.07, 6.45) is 6.03. The van der Waals surface area contributed by atoms with E-state index in [1.54, 1.807) is 24.5 Å². The van der Waals surface area contributed by atoms with Crippen LogP contribution in [0.25, 0.3) is 0 Å². The molecule has 0 radical (unpaired) electrons. The third kappa shape index (κ3) is 4.77. The Kier molecular flexibility index (Phi) is 7.35. The van der Waals surface area contributed by atoms with Crippen LogP contribution in [0.3, 0.4) is 0 Å². The average Bonchev–Trinajstić information content (AvgIpc) is 3.22. The summed E-state index contributed by atoms with van der Waals surface area (Å²) >= 11 is 0. The number of nitrogens with one attached hydrogen (secondary N) is 1. The average molecular weight is 499 g/mol. The molecule has 5 rings (SSSR count). The Morgan fingerprint density at radius 2 is 1.43 bits per heavy atom. The Hall–Kier alpha value is -3.55. The van der Waals surface area contributed by atoms with Gasteiger partial charge in [0.15, 0.2) is 5.54 Å². The summed E-state index contributed by atoms with van der Waals surface area (Å²) in [5.74, 6) is -0.253. The summed E-state index contributed by atoms with van der Waals surface area (Å²) < 4.78 is 6.43. The first kappa shape index (κ1) is 25.1. The number of imide groups is 1. The fraction of sp³-hybridized carbons (Fsp3) is 0.367. The first-order chi connectivity index (χ1) is 18.1. The van der Waals surface area contributed by atoms with Crippen LogP contribution >= 0.6 is 0 Å². The van der Waals surface area contributed by atoms with Crippen molar-refractivity contribution in [3.05, 3.63) is 102 Å². The Morgan fingerprint density at radius 1 is 0.838 bits per heavy atom. The van der Waals surface area contributed by atoms with Crippen LogP contribution in [-0.4, -0.2) is 59.5 Å². The van der Waals surface area contributed by atoms with Crippen LogP contribution in [0.15, 0.2) is 85.2 Å². The predicted octanol–water partition coefficient (Wildman–Crippen LogP) is 4.29. The molecule has 7 nitrogen and oxygen atoms in total. The Morgan fingerprint density at radius 3 is 2.05 bits per heavy atom. The molecule has 3 amide bonds. The van der Waals surface area contributed by atoms with E-state index in [2.05, 4.69) is 46.4 Å². The van der Waals surface area contributed by atoms with Crippen LogP contribution in [0.1, 0.15) is 42.9 Å². The molecular weight excluding hydrogens is 464 g/mol. The molecule has 7 heteroatoms. The molecule has 2 saturated heterocycles. The third-order valence-corrected chi connectivity index (χ3v) is 7.61. The molecule has 3 aromatic rings. The molecule has 1 N–H and O–H groups in total. The van der Waals surface area contributed by atoms with E-state index in [0.717, 1.165) is 44.5 Å². The smallest absolute Gasteiger partial charge is 0.325 e. The highest BCUT2D eigenvalue weighted by Gasteiger charge is 2.53. The molecule has 0 aliphatic carbocycles. The minimum absolute atomic E-state index is 0.253. The second-order valence-corrected chi connectivity index (χ2v) is 9.79. The van der Waals surface area contributed by atoms with Crippen LogP contribution in [0.2, 0.25) is 0 Å². The molecule has 2 aliphatic heterocycles. The second kappa shape index (κ2) is 10.8. The molecule has 2 aromatic carbocycles. The van der Waals surface area contributed by atoms with Gasteiger partial charge in [0, 0.05) is 45.2 Å². The van der Waals surface area contributed by atoms with E-state index in [0.29, 0.717) is 18.7 Å². The van der Waals surface area contributed by atoms with Gasteiger partial charge in [-0.1, -0.05) is 67.6 Å². The summed E-state index contributed by atoms with van der Waals surface area (Å²) in [6, 6.07) is 23.1. The minimum atomic E-state index is -1.25. The third-order valence-electron chi connectivity index (χ3n) is 7.61. The van der Waals surface area contributed by atoms with Gasteiger partial charge in [0.2, 0.25) is 0 Å². The van der Waals surface area contributed by atoms with E-state index in [1.807, 2.05) is 36.4 Å². The van der Waals surface area contributed by atoms with Crippen LogP contribution in [0.5, 0.6) is 0 Å². The Labute approximate surface area is 218 Å². The van der Waals surface area contributed by atoms with Crippen LogP contribution < -0.4 is 5.32 Å². The predicted molar refractivity (Wildman–Crippen MR) is 142 cm³/mol. The molecule has 2 aliphatic rings. The number of hydrogen-bond donors (Lipinski definition) is 1. The van der Waals surface area contributed by atoms with E-state index in [1.165, 1.54) is 10.5 Å². The first-order valence-electron chi connectivity index (χ1n) is 13.1. The van der Waals surface area contributed by atoms with Gasteiger partial charge in [-0.25, -0.2) is 4.79 Å². The number of carbonyl (C=O) groups excluding carboxylic acids is 2. The van der Waals surface area contributed by atoms with Crippen LogP contribution in [-0.2, 0) is 20.7 Å². The van der Waals surface area contributed by atoms with Gasteiger partial charge in [0.25, 0.3) is 5.91 Å². The van der Waals surface area contributed by atoms with Crippen LogP contribution in [0.4, 0.5) is 4.79 Å². The number of nitrogens with zero attached hydrogens (tertiary/aromatic N) is 3. The molecular formula is C30H34N4O3. The van der Waals surface area contributed by atoms with Crippen molar-refractivity contribution in [2.45, 2.75) is 37.3 Å². The van der Waals surface area contributed by atoms with Gasteiger partial charge in [-0.3, -0.25) is 14.7 Å². The number of rotatable bonds is 9. The molecule has 0 bridgehead atoms. The number of benzene rings is 2. The van der Waals surface area contributed by atoms with Crippen LogP contribution in [0, 0.1) is 0 Å². The number of amides is 3. The zero-order valence-electron chi connectivity index (χ0n) is 21.3. The molecule has 37 heavy (non-hydrogen) atoms. The van der Waals surface area contributed by atoms with Crippen molar-refractivity contribution in [3.63, 3.8) is 0 Å². The van der Waals surface area contributed by atoms with Gasteiger partial charge >= 0.3 is 6.03 Å². The van der Waals surface area contributed by atoms with Crippen molar-refractivity contribution in [1.29, 1.82) is 0 Å². The number of likely N-dealkylation sites (tertiary alicyclic amines) is 1. The van der Waals surface area contributed by atoms with E-state index in [4.69, 9.17) is 4.74 Å². The summed E-state index contributed by atoms with van der Waals surface area (Å²) in [6.45, 7) is 5.51. The molecule has 2 fully saturated rings. The molecule has 0 spiro atoms. The molecule has 1 unspecified atom stereocenters. The second-order valence-electron chi connectivity index (χ2n) is 9.79. The normalized spacial score (nSPS) is 21.7. The number of hydrogen-bond acceptors (Lipinski definition) is 5. The number of urea groups is 1. The van der Waals surface area contributed by atoms with Gasteiger partial charge in [-0.2, -0.15) is 0 Å². The Balaban J connectivity index is 1.30. The van der Waals surface area contributed by atoms with Gasteiger partial charge in [-0.05, 0) is 48.1 Å². The number of carbonyl (C=O) groups is 2. The van der Waals surface area contributed by atoms with Crippen molar-refractivity contribution in [3.8, 4) is 0 Å². The van der Waals surface area contributed by atoms with Gasteiger partial charge in [0.05, 0.1) is 5.60 Å². The summed E-state index contributed by atoms with van der Waals surface area (Å²) in [4.78, 5) is 34.9. The molecule has 1 atom stereocenters. The number of aromatic nitrogens is 1. The fourth-order valence-corrected chi connectivity index (χ4v) is 5.56. The number of piperidine rings is 1. The maximum Gasteiger partial charge on any atom is 0.325 e. The standard InChI is InChI=1S/C30H34N4O3/c1-2-23-37-29(24-9-5-3-6-10-24)15-19-33(20-16-29)21-22-34-27(35)30(32-28(34)36,25-11-7-4-8-12-25)26-13-17-31-18-14-26/h3-14,17-18H,2,15-16,19-23H2,1H3,(H,32,36). The number of ether oxygens (including phenoxy) is 1. The van der Waals surface area contributed by atoms with Crippen molar-refractivity contribution >= 4 is 11.9 Å². The first-order valence-corrected chi connectivity index (χ1v) is 13.1. The molecule has 1 aromatic heterocycles. The fourth-order valence-electron chi connectivity index (χ4n) is 5.56. The minimum Gasteiger partial charge on any atom is -0.370 e. The largest absolute Gasteiger partial charge is 0.370 e. The lowest BCUT2D eigenvalue weighted by Crippen LogP contribution is -2.48. The zero-order chi connectivity index (χ0) is 25.7. The Bertz CT molecular complexity index is 1160. The highest BCUT2D eigenvalue weighted by atomic mass is 16.5. The SMILES string of the molecule is CCCOC1(c2ccccc2)CCN(CCN2C(=O)NC(c3ccccc3)(c3ccncc3)C2=O)CC1. The quantitative estimate of drug-likeness (QED) is 0.446. The highest BCUT2D eigenvalue weighted by molar-refractivity contribution is 6.09. The van der Waals surface area contributed by atoms with E-state index in [9.17, 15) is 9.59 Å². The van der Waals surface area contributed by atoms with E-state index >= 15 is 0 Å². The lowest BCUT2D eigenvalue weighted by molar-refractivity contribution is -0.130.